The number of carbonyl (C=O) groups excluding carboxylic acids is 1. The Kier molecular flexibility index (Phi) is 5.50. The van der Waals surface area contributed by atoms with Crippen LogP contribution in [0.25, 0.3) is 11.8 Å². The van der Waals surface area contributed by atoms with Gasteiger partial charge in [0.2, 0.25) is 5.78 Å². The van der Waals surface area contributed by atoms with E-state index in [-0.39, 0.29) is 10.8 Å². The number of ketones is 1. The Morgan fingerprint density at radius 1 is 0.960 bits per heavy atom. The minimum atomic E-state index is -0.234. The normalized spacial score (nSPS) is 11.6. The maximum absolute atomic E-state index is 13.0. The van der Waals surface area contributed by atoms with E-state index in [9.17, 15) is 4.79 Å². The highest BCUT2D eigenvalue weighted by Crippen LogP contribution is 2.34. The number of benzene rings is 2. The Morgan fingerprint density at radius 2 is 1.64 bits per heavy atom. The third kappa shape index (κ3) is 3.91. The van der Waals surface area contributed by atoms with Crippen molar-refractivity contribution in [1.29, 1.82) is 0 Å². The molecule has 0 saturated carbocycles. The monoisotopic (exact) mass is 410 g/mol. The van der Waals surface area contributed by atoms with Gasteiger partial charge in [0.05, 0.1) is 22.1 Å². The van der Waals surface area contributed by atoms with E-state index in [0.717, 1.165) is 0 Å². The van der Waals surface area contributed by atoms with Gasteiger partial charge in [0, 0.05) is 33.6 Å². The zero-order valence-corrected chi connectivity index (χ0v) is 15.6. The lowest BCUT2D eigenvalue weighted by Crippen LogP contribution is -2.08. The van der Waals surface area contributed by atoms with Crippen molar-refractivity contribution in [2.24, 2.45) is 0 Å². The van der Waals surface area contributed by atoms with Crippen LogP contribution in [0.5, 0.6) is 0 Å². The predicted molar refractivity (Wildman–Crippen MR) is 104 cm³/mol. The third-order valence-electron chi connectivity index (χ3n) is 3.48. The molecule has 1 heterocycles. The topological polar surface area (TPSA) is 34.9 Å². The minimum absolute atomic E-state index is 0.234. The molecule has 0 unspecified atom stereocenters. The summed E-state index contributed by atoms with van der Waals surface area (Å²) in [6.07, 6.45) is 6.34. The van der Waals surface area contributed by atoms with Gasteiger partial charge in [-0.05, 0) is 42.5 Å². The van der Waals surface area contributed by atoms with E-state index in [4.69, 9.17) is 46.4 Å². The summed E-state index contributed by atoms with van der Waals surface area (Å²) in [5, 5.41) is 1.55. The molecular weight excluding hydrogens is 402 g/mol. The molecular formula is C18H10Cl4N2O. The van der Waals surface area contributed by atoms with Gasteiger partial charge in [-0.1, -0.05) is 46.4 Å². The van der Waals surface area contributed by atoms with E-state index < -0.39 is 0 Å². The zero-order valence-electron chi connectivity index (χ0n) is 12.6. The summed E-state index contributed by atoms with van der Waals surface area (Å²) < 4.78 is 1.59. The Labute approximate surface area is 164 Å². The van der Waals surface area contributed by atoms with Crippen LogP contribution in [0.15, 0.2) is 55.1 Å². The fourth-order valence-corrected chi connectivity index (χ4v) is 2.99. The average molecular weight is 412 g/mol. The smallest absolute Gasteiger partial charge is 0.209 e. The van der Waals surface area contributed by atoms with Crippen molar-refractivity contribution in [1.82, 2.24) is 9.55 Å². The largest absolute Gasteiger partial charge is 0.303 e. The second kappa shape index (κ2) is 7.63. The van der Waals surface area contributed by atoms with Gasteiger partial charge in [0.1, 0.15) is 0 Å². The van der Waals surface area contributed by atoms with E-state index >= 15 is 0 Å². The van der Waals surface area contributed by atoms with Crippen molar-refractivity contribution in [2.75, 3.05) is 0 Å². The Hall–Kier alpha value is -1.78. The van der Waals surface area contributed by atoms with Crippen LogP contribution in [-0.4, -0.2) is 15.3 Å². The quantitative estimate of drug-likeness (QED) is 0.283. The maximum atomic E-state index is 13.0. The van der Waals surface area contributed by atoms with E-state index in [0.29, 0.717) is 31.9 Å². The second-order valence-corrected chi connectivity index (χ2v) is 6.72. The first kappa shape index (κ1) is 18.0. The highest BCUT2D eigenvalue weighted by molar-refractivity contribution is 6.45. The Morgan fingerprint density at radius 3 is 2.28 bits per heavy atom. The van der Waals surface area contributed by atoms with Crippen molar-refractivity contribution in [3.8, 4) is 0 Å². The van der Waals surface area contributed by atoms with Crippen LogP contribution < -0.4 is 0 Å². The van der Waals surface area contributed by atoms with E-state index in [1.165, 1.54) is 6.33 Å². The maximum Gasteiger partial charge on any atom is 0.209 e. The lowest BCUT2D eigenvalue weighted by molar-refractivity contribution is 0.105. The summed E-state index contributed by atoms with van der Waals surface area (Å²) in [6.45, 7) is 0. The number of halogens is 4. The third-order valence-corrected chi connectivity index (χ3v) is 4.88. The van der Waals surface area contributed by atoms with Crippen LogP contribution in [0.2, 0.25) is 20.1 Å². The lowest BCUT2D eigenvalue weighted by atomic mass is 10.1. The number of imidazole rings is 1. The van der Waals surface area contributed by atoms with Gasteiger partial charge in [-0.15, -0.1) is 0 Å². The molecule has 3 nitrogen and oxygen atoms in total. The summed E-state index contributed by atoms with van der Waals surface area (Å²) >= 11 is 24.5. The van der Waals surface area contributed by atoms with Gasteiger partial charge < -0.3 is 4.57 Å². The van der Waals surface area contributed by atoms with Crippen molar-refractivity contribution in [3.05, 3.63) is 86.3 Å². The molecule has 25 heavy (non-hydrogen) atoms. The summed E-state index contributed by atoms with van der Waals surface area (Å²) in [6, 6.07) is 9.83. The summed E-state index contributed by atoms with van der Waals surface area (Å²) in [5.41, 5.74) is 1.26. The zero-order chi connectivity index (χ0) is 18.0. The average Bonchev–Trinajstić information content (AvgIpc) is 3.13. The first-order valence-electron chi connectivity index (χ1n) is 7.11. The molecule has 0 fully saturated rings. The van der Waals surface area contributed by atoms with Crippen molar-refractivity contribution >= 4 is 64.0 Å². The van der Waals surface area contributed by atoms with Crippen LogP contribution in [0.4, 0.5) is 0 Å². The number of allylic oxidation sites excluding steroid dienone is 1. The second-order valence-electron chi connectivity index (χ2n) is 5.09. The Balaban J connectivity index is 2.16. The molecule has 0 aliphatic heterocycles. The van der Waals surface area contributed by atoms with Gasteiger partial charge in [0.25, 0.3) is 0 Å². The standard InChI is InChI=1S/C18H10Cl4N2O/c19-12-3-1-11(2-4-12)18(25)16(24-8-7-23-10-24)9-13-14(20)5-6-15(21)17(13)22/h1-10H/b16-9+. The van der Waals surface area contributed by atoms with Gasteiger partial charge in [-0.25, -0.2) is 4.98 Å². The van der Waals surface area contributed by atoms with Crippen molar-refractivity contribution in [2.45, 2.75) is 0 Å². The molecule has 0 radical (unpaired) electrons. The van der Waals surface area contributed by atoms with Crippen LogP contribution in [0.3, 0.4) is 0 Å². The van der Waals surface area contributed by atoms with Crippen LogP contribution in [0, 0.1) is 0 Å². The molecule has 0 saturated heterocycles. The molecule has 0 bridgehead atoms. The van der Waals surface area contributed by atoms with Gasteiger partial charge in [-0.3, -0.25) is 4.79 Å². The molecule has 1 aromatic heterocycles. The van der Waals surface area contributed by atoms with Crippen LogP contribution in [-0.2, 0) is 0 Å². The van der Waals surface area contributed by atoms with E-state index in [1.807, 2.05) is 0 Å². The first-order chi connectivity index (χ1) is 12.0. The summed E-state index contributed by atoms with van der Waals surface area (Å²) in [4.78, 5) is 17.0. The fraction of sp³-hybridized carbons (Fsp3) is 0. The van der Waals surface area contributed by atoms with Crippen molar-refractivity contribution < 1.29 is 4.79 Å². The molecule has 0 aliphatic carbocycles. The number of carbonyl (C=O) groups is 1. The minimum Gasteiger partial charge on any atom is -0.303 e. The highest BCUT2D eigenvalue weighted by Gasteiger charge is 2.17. The molecule has 3 rings (SSSR count). The highest BCUT2D eigenvalue weighted by atomic mass is 35.5. The molecule has 0 spiro atoms. The fourth-order valence-electron chi connectivity index (χ4n) is 2.22. The number of aromatic nitrogens is 2. The SMILES string of the molecule is O=C(/C(=C\c1c(Cl)ccc(Cl)c1Cl)n1ccnc1)c1ccc(Cl)cc1. The number of nitrogens with zero attached hydrogens (tertiary/aromatic N) is 2. The molecule has 2 aromatic carbocycles. The first-order valence-corrected chi connectivity index (χ1v) is 8.62. The summed E-state index contributed by atoms with van der Waals surface area (Å²) in [7, 11) is 0. The van der Waals surface area contributed by atoms with Crippen LogP contribution >= 0.6 is 46.4 Å². The molecule has 7 heteroatoms. The number of hydrogen-bond acceptors (Lipinski definition) is 2. The van der Waals surface area contributed by atoms with E-state index in [1.54, 1.807) is 59.4 Å². The lowest BCUT2D eigenvalue weighted by Gasteiger charge is -2.10. The molecule has 0 amide bonds. The molecule has 0 aliphatic rings. The van der Waals surface area contributed by atoms with Gasteiger partial charge >= 0.3 is 0 Å². The number of hydrogen-bond donors (Lipinski definition) is 0. The van der Waals surface area contributed by atoms with Crippen LogP contribution in [0.1, 0.15) is 15.9 Å². The molecule has 3 aromatic rings. The molecule has 0 N–H and O–H groups in total. The summed E-state index contributed by atoms with van der Waals surface area (Å²) in [5.74, 6) is -0.234. The van der Waals surface area contributed by atoms with Crippen molar-refractivity contribution in [3.63, 3.8) is 0 Å². The number of Topliss-reactive ketones (excluding diaryl/α,β-unsaturated/α-hetero) is 1. The Bertz CT molecular complexity index is 948. The molecule has 0 atom stereocenters. The number of rotatable bonds is 4. The van der Waals surface area contributed by atoms with E-state index in [2.05, 4.69) is 4.98 Å². The predicted octanol–water partition coefficient (Wildman–Crippen LogP) is 6.38. The molecule has 126 valence electrons. The van der Waals surface area contributed by atoms with Gasteiger partial charge in [-0.2, -0.15) is 0 Å². The van der Waals surface area contributed by atoms with Gasteiger partial charge in [0.15, 0.2) is 0 Å².